The average molecular weight is 340 g/mol. The summed E-state index contributed by atoms with van der Waals surface area (Å²) in [6.45, 7) is 2.01. The Balaban J connectivity index is 1.71. The fraction of sp³-hybridized carbons (Fsp3) is 0.667. The number of likely N-dealkylation sites (tertiary alicyclic amines) is 1. The molecule has 23 heavy (non-hydrogen) atoms. The van der Waals surface area contributed by atoms with Crippen molar-refractivity contribution in [1.82, 2.24) is 15.2 Å². The van der Waals surface area contributed by atoms with Crippen molar-refractivity contribution in [3.8, 4) is 0 Å². The summed E-state index contributed by atoms with van der Waals surface area (Å²) in [5.74, 6) is 1.24. The molecule has 1 saturated heterocycles. The van der Waals surface area contributed by atoms with E-state index in [1.54, 1.807) is 11.8 Å². The fourth-order valence-corrected chi connectivity index (χ4v) is 2.92. The molecule has 128 valence electrons. The molecule has 0 aromatic carbocycles. The lowest BCUT2D eigenvalue weighted by molar-refractivity contribution is -0.127. The first-order valence-corrected chi connectivity index (χ1v) is 9.27. The summed E-state index contributed by atoms with van der Waals surface area (Å²) in [5.41, 5.74) is 6.21. The Morgan fingerprint density at radius 1 is 1.61 bits per heavy atom. The summed E-state index contributed by atoms with van der Waals surface area (Å²) in [4.78, 5) is 29.5. The molecule has 1 aliphatic rings. The van der Waals surface area contributed by atoms with Crippen molar-refractivity contribution >= 4 is 23.6 Å². The highest BCUT2D eigenvalue weighted by Crippen LogP contribution is 2.15. The standard InChI is InChI=1S/C15H24N4O3S/c1-23-9-5-11(16)15-18-12(10-22-15)14(21)17-6-3-8-19-7-2-4-13(19)20/h10-11H,2-9,16H2,1H3,(H,17,21). The number of hydrogen-bond donors (Lipinski definition) is 2. The molecule has 1 aliphatic heterocycles. The summed E-state index contributed by atoms with van der Waals surface area (Å²) in [7, 11) is 0. The van der Waals surface area contributed by atoms with Crippen LogP contribution >= 0.6 is 11.8 Å². The van der Waals surface area contributed by atoms with Gasteiger partial charge in [-0.15, -0.1) is 0 Å². The second-order valence-electron chi connectivity index (χ2n) is 5.55. The van der Waals surface area contributed by atoms with Gasteiger partial charge in [-0.25, -0.2) is 4.98 Å². The molecule has 1 atom stereocenters. The Bertz CT molecular complexity index is 535. The van der Waals surface area contributed by atoms with E-state index in [0.717, 1.165) is 31.6 Å². The minimum absolute atomic E-state index is 0.205. The van der Waals surface area contributed by atoms with E-state index in [0.29, 0.717) is 25.4 Å². The predicted octanol–water partition coefficient (Wildman–Crippen LogP) is 1.17. The quantitative estimate of drug-likeness (QED) is 0.654. The van der Waals surface area contributed by atoms with Crippen LogP contribution in [0.25, 0.3) is 0 Å². The molecule has 8 heteroatoms. The van der Waals surface area contributed by atoms with Crippen molar-refractivity contribution in [1.29, 1.82) is 0 Å². The van der Waals surface area contributed by atoms with Gasteiger partial charge in [0.05, 0.1) is 6.04 Å². The topological polar surface area (TPSA) is 101 Å². The first-order valence-electron chi connectivity index (χ1n) is 7.87. The number of nitrogens with one attached hydrogen (secondary N) is 1. The number of nitrogens with two attached hydrogens (primary N) is 1. The van der Waals surface area contributed by atoms with Gasteiger partial charge in [0.25, 0.3) is 5.91 Å². The van der Waals surface area contributed by atoms with Crippen LogP contribution in [0.15, 0.2) is 10.7 Å². The zero-order valence-corrected chi connectivity index (χ0v) is 14.2. The van der Waals surface area contributed by atoms with Crippen LogP contribution in [0.3, 0.4) is 0 Å². The molecule has 1 fully saturated rings. The highest BCUT2D eigenvalue weighted by Gasteiger charge is 2.20. The van der Waals surface area contributed by atoms with Crippen LogP contribution < -0.4 is 11.1 Å². The molecule has 0 radical (unpaired) electrons. The fourth-order valence-electron chi connectivity index (χ4n) is 2.43. The first kappa shape index (κ1) is 17.8. The van der Waals surface area contributed by atoms with Crippen LogP contribution in [0.4, 0.5) is 0 Å². The van der Waals surface area contributed by atoms with Gasteiger partial charge in [0, 0.05) is 26.1 Å². The lowest BCUT2D eigenvalue weighted by Gasteiger charge is -2.14. The van der Waals surface area contributed by atoms with Gasteiger partial charge in [0.2, 0.25) is 11.8 Å². The summed E-state index contributed by atoms with van der Waals surface area (Å²) < 4.78 is 5.29. The summed E-state index contributed by atoms with van der Waals surface area (Å²) in [6.07, 6.45) is 6.42. The summed E-state index contributed by atoms with van der Waals surface area (Å²) >= 11 is 1.71. The van der Waals surface area contributed by atoms with Crippen molar-refractivity contribution < 1.29 is 14.0 Å². The monoisotopic (exact) mass is 340 g/mol. The number of aromatic nitrogens is 1. The van der Waals surface area contributed by atoms with E-state index in [4.69, 9.17) is 10.2 Å². The Morgan fingerprint density at radius 2 is 2.43 bits per heavy atom. The van der Waals surface area contributed by atoms with Gasteiger partial charge in [0.1, 0.15) is 6.26 Å². The second-order valence-corrected chi connectivity index (χ2v) is 6.54. The van der Waals surface area contributed by atoms with E-state index >= 15 is 0 Å². The maximum Gasteiger partial charge on any atom is 0.273 e. The number of hydrogen-bond acceptors (Lipinski definition) is 6. The molecule has 3 N–H and O–H groups in total. The third-order valence-corrected chi connectivity index (χ3v) is 4.41. The molecular weight excluding hydrogens is 316 g/mol. The SMILES string of the molecule is CSCCC(N)c1nc(C(=O)NCCCN2CCCC2=O)co1. The van der Waals surface area contributed by atoms with Gasteiger partial charge < -0.3 is 20.4 Å². The molecule has 1 aromatic heterocycles. The van der Waals surface area contributed by atoms with Gasteiger partial charge in [-0.2, -0.15) is 11.8 Å². The van der Waals surface area contributed by atoms with E-state index in [-0.39, 0.29) is 23.6 Å². The van der Waals surface area contributed by atoms with Crippen LogP contribution in [0.1, 0.15) is 48.1 Å². The van der Waals surface area contributed by atoms with E-state index in [2.05, 4.69) is 10.3 Å². The van der Waals surface area contributed by atoms with Crippen LogP contribution in [-0.4, -0.2) is 53.3 Å². The third kappa shape index (κ3) is 5.24. The van der Waals surface area contributed by atoms with E-state index in [1.165, 1.54) is 6.26 Å². The lowest BCUT2D eigenvalue weighted by atomic mass is 10.2. The van der Waals surface area contributed by atoms with Gasteiger partial charge in [-0.3, -0.25) is 9.59 Å². The van der Waals surface area contributed by atoms with E-state index in [1.807, 2.05) is 11.2 Å². The second kappa shape index (κ2) is 8.93. The van der Waals surface area contributed by atoms with Gasteiger partial charge in [-0.05, 0) is 31.3 Å². The van der Waals surface area contributed by atoms with Gasteiger partial charge in [-0.1, -0.05) is 0 Å². The number of thioether (sulfide) groups is 1. The molecule has 0 bridgehead atoms. The van der Waals surface area contributed by atoms with E-state index in [9.17, 15) is 9.59 Å². The zero-order valence-electron chi connectivity index (χ0n) is 13.4. The molecule has 2 amide bonds. The maximum atomic E-state index is 12.0. The normalized spacial score (nSPS) is 15.9. The lowest BCUT2D eigenvalue weighted by Crippen LogP contribution is -2.30. The Labute approximate surface area is 140 Å². The largest absolute Gasteiger partial charge is 0.446 e. The molecule has 0 aliphatic carbocycles. The minimum atomic E-state index is -0.287. The van der Waals surface area contributed by atoms with Crippen molar-refractivity contribution in [2.45, 2.75) is 31.7 Å². The third-order valence-electron chi connectivity index (χ3n) is 3.77. The first-order chi connectivity index (χ1) is 11.1. The number of rotatable bonds is 9. The van der Waals surface area contributed by atoms with Crippen LogP contribution in [0, 0.1) is 0 Å². The van der Waals surface area contributed by atoms with Gasteiger partial charge in [0.15, 0.2) is 5.69 Å². The number of carbonyl (C=O) groups is 2. The van der Waals surface area contributed by atoms with Crippen molar-refractivity contribution in [2.75, 3.05) is 31.6 Å². The van der Waals surface area contributed by atoms with Crippen molar-refractivity contribution in [3.05, 3.63) is 17.8 Å². The maximum absolute atomic E-state index is 12.0. The smallest absolute Gasteiger partial charge is 0.273 e. The molecule has 1 aromatic rings. The summed E-state index contributed by atoms with van der Waals surface area (Å²) in [5, 5.41) is 2.79. The van der Waals surface area contributed by atoms with Crippen molar-refractivity contribution in [3.63, 3.8) is 0 Å². The van der Waals surface area contributed by atoms with Gasteiger partial charge >= 0.3 is 0 Å². The highest BCUT2D eigenvalue weighted by molar-refractivity contribution is 7.98. The van der Waals surface area contributed by atoms with Crippen LogP contribution in [0.2, 0.25) is 0 Å². The Kier molecular flexibility index (Phi) is 6.91. The molecule has 1 unspecified atom stereocenters. The molecule has 7 nitrogen and oxygen atoms in total. The van der Waals surface area contributed by atoms with Crippen LogP contribution in [0.5, 0.6) is 0 Å². The highest BCUT2D eigenvalue weighted by atomic mass is 32.2. The Hall–Kier alpha value is -1.54. The van der Waals surface area contributed by atoms with Crippen molar-refractivity contribution in [2.24, 2.45) is 5.73 Å². The number of amides is 2. The molecule has 2 heterocycles. The number of oxazole rings is 1. The molecule has 2 rings (SSSR count). The number of nitrogens with zero attached hydrogens (tertiary/aromatic N) is 2. The Morgan fingerprint density at radius 3 is 3.13 bits per heavy atom. The molecular formula is C15H24N4O3S. The van der Waals surface area contributed by atoms with Crippen LogP contribution in [-0.2, 0) is 4.79 Å². The predicted molar refractivity (Wildman–Crippen MR) is 89.2 cm³/mol. The molecule has 0 saturated carbocycles. The summed E-state index contributed by atoms with van der Waals surface area (Å²) in [6, 6.07) is -0.287. The molecule has 0 spiro atoms. The van der Waals surface area contributed by atoms with E-state index < -0.39 is 0 Å². The zero-order chi connectivity index (χ0) is 16.7. The average Bonchev–Trinajstić information content (AvgIpc) is 3.18. The minimum Gasteiger partial charge on any atom is -0.446 e. The number of carbonyl (C=O) groups excluding carboxylic acids is 2.